The van der Waals surface area contributed by atoms with E-state index >= 15 is 0 Å². The Balaban J connectivity index is 2.83. The van der Waals surface area contributed by atoms with E-state index in [1.54, 1.807) is 6.07 Å². The number of hydrogen-bond donors (Lipinski definition) is 3. The van der Waals surface area contributed by atoms with Gasteiger partial charge in [-0.1, -0.05) is 32.9 Å². The molecule has 0 atom stereocenters. The molecule has 0 fully saturated rings. The van der Waals surface area contributed by atoms with Gasteiger partial charge >= 0.3 is 0 Å². The van der Waals surface area contributed by atoms with E-state index in [4.69, 9.17) is 5.73 Å². The zero-order valence-corrected chi connectivity index (χ0v) is 10.4. The minimum absolute atomic E-state index is 0.107. The third kappa shape index (κ3) is 3.51. The van der Waals surface area contributed by atoms with Crippen LogP contribution in [0.1, 0.15) is 31.9 Å². The molecule has 1 aromatic carbocycles. The van der Waals surface area contributed by atoms with Crippen LogP contribution in [0.15, 0.2) is 18.2 Å². The lowest BCUT2D eigenvalue weighted by molar-refractivity contribution is 0.463. The normalized spacial score (nSPS) is 11.8. The summed E-state index contributed by atoms with van der Waals surface area (Å²) in [5.74, 6) is 0.345. The fourth-order valence-electron chi connectivity index (χ4n) is 1.52. The second-order valence-electron chi connectivity index (χ2n) is 5.06. The third-order valence-corrected chi connectivity index (χ3v) is 2.58. The molecule has 0 aliphatic heterocycles. The highest BCUT2D eigenvalue weighted by Crippen LogP contribution is 2.27. The molecular formula is C13H22N2O. The zero-order chi connectivity index (χ0) is 12.2. The number of benzene rings is 1. The summed E-state index contributed by atoms with van der Waals surface area (Å²) >= 11 is 0. The van der Waals surface area contributed by atoms with Crippen LogP contribution in [0.5, 0.6) is 5.75 Å². The summed E-state index contributed by atoms with van der Waals surface area (Å²) in [5, 5.41) is 12.9. The Labute approximate surface area is 97.7 Å². The SMILES string of the molecule is CC(C)(C)c1ccc(O)c(CNCCN)c1. The van der Waals surface area contributed by atoms with Gasteiger partial charge < -0.3 is 16.2 Å². The Bertz CT molecular complexity index is 342. The van der Waals surface area contributed by atoms with E-state index < -0.39 is 0 Å². The Hall–Kier alpha value is -1.06. The van der Waals surface area contributed by atoms with Crippen LogP contribution in [-0.4, -0.2) is 18.2 Å². The standard InChI is InChI=1S/C13H22N2O/c1-13(2,3)11-4-5-12(16)10(8-11)9-15-7-6-14/h4-5,8,15-16H,6-7,9,14H2,1-3H3. The summed E-state index contributed by atoms with van der Waals surface area (Å²) in [6, 6.07) is 5.79. The summed E-state index contributed by atoms with van der Waals surface area (Å²) in [7, 11) is 0. The van der Waals surface area contributed by atoms with E-state index in [2.05, 4.69) is 32.2 Å². The molecule has 0 unspecified atom stereocenters. The average molecular weight is 222 g/mol. The van der Waals surface area contributed by atoms with Gasteiger partial charge in [0.1, 0.15) is 5.75 Å². The summed E-state index contributed by atoms with van der Waals surface area (Å²) in [5.41, 5.74) is 7.68. The van der Waals surface area contributed by atoms with Crippen molar-refractivity contribution in [2.24, 2.45) is 5.73 Å². The van der Waals surface area contributed by atoms with Crippen molar-refractivity contribution in [3.05, 3.63) is 29.3 Å². The van der Waals surface area contributed by atoms with Gasteiger partial charge in [0, 0.05) is 25.2 Å². The van der Waals surface area contributed by atoms with E-state index in [0.29, 0.717) is 18.8 Å². The molecule has 4 N–H and O–H groups in total. The zero-order valence-electron chi connectivity index (χ0n) is 10.4. The largest absolute Gasteiger partial charge is 0.508 e. The topological polar surface area (TPSA) is 58.3 Å². The Morgan fingerprint density at radius 3 is 2.56 bits per heavy atom. The van der Waals surface area contributed by atoms with E-state index in [9.17, 15) is 5.11 Å². The van der Waals surface area contributed by atoms with Crippen molar-refractivity contribution >= 4 is 0 Å². The maximum absolute atomic E-state index is 9.73. The maximum atomic E-state index is 9.73. The van der Waals surface area contributed by atoms with Gasteiger partial charge in [0.15, 0.2) is 0 Å². The fourth-order valence-corrected chi connectivity index (χ4v) is 1.52. The van der Waals surface area contributed by atoms with Gasteiger partial charge in [-0.15, -0.1) is 0 Å². The molecule has 90 valence electrons. The first kappa shape index (κ1) is 13.0. The number of phenolic OH excluding ortho intramolecular Hbond substituents is 1. The van der Waals surface area contributed by atoms with Gasteiger partial charge in [-0.2, -0.15) is 0 Å². The summed E-state index contributed by atoms with van der Waals surface area (Å²) in [4.78, 5) is 0. The van der Waals surface area contributed by atoms with Crippen LogP contribution in [0.3, 0.4) is 0 Å². The van der Waals surface area contributed by atoms with E-state index in [1.807, 2.05) is 6.07 Å². The molecule has 0 saturated heterocycles. The first-order chi connectivity index (χ1) is 7.45. The molecule has 0 radical (unpaired) electrons. The van der Waals surface area contributed by atoms with E-state index in [1.165, 1.54) is 5.56 Å². The predicted octanol–water partition coefficient (Wildman–Crippen LogP) is 1.74. The third-order valence-electron chi connectivity index (χ3n) is 2.58. The summed E-state index contributed by atoms with van der Waals surface area (Å²) in [6.07, 6.45) is 0. The van der Waals surface area contributed by atoms with Gasteiger partial charge in [0.05, 0.1) is 0 Å². The highest BCUT2D eigenvalue weighted by molar-refractivity contribution is 5.38. The lowest BCUT2D eigenvalue weighted by atomic mass is 9.86. The minimum atomic E-state index is 0.107. The molecule has 3 nitrogen and oxygen atoms in total. The molecule has 0 aliphatic carbocycles. The molecular weight excluding hydrogens is 200 g/mol. The van der Waals surface area contributed by atoms with Crippen molar-refractivity contribution in [3.63, 3.8) is 0 Å². The Morgan fingerprint density at radius 1 is 1.31 bits per heavy atom. The van der Waals surface area contributed by atoms with Crippen LogP contribution in [-0.2, 0) is 12.0 Å². The number of rotatable bonds is 4. The van der Waals surface area contributed by atoms with Gasteiger partial charge in [0.2, 0.25) is 0 Å². The van der Waals surface area contributed by atoms with Crippen LogP contribution < -0.4 is 11.1 Å². The second-order valence-corrected chi connectivity index (χ2v) is 5.06. The molecule has 16 heavy (non-hydrogen) atoms. The van der Waals surface area contributed by atoms with Crippen molar-refractivity contribution in [1.29, 1.82) is 0 Å². The Morgan fingerprint density at radius 2 is 2.00 bits per heavy atom. The van der Waals surface area contributed by atoms with Gasteiger partial charge in [-0.3, -0.25) is 0 Å². The van der Waals surface area contributed by atoms with Gasteiger partial charge in [-0.05, 0) is 17.0 Å². The molecule has 3 heteroatoms. The highest BCUT2D eigenvalue weighted by Gasteiger charge is 2.15. The predicted molar refractivity (Wildman–Crippen MR) is 67.6 cm³/mol. The first-order valence-corrected chi connectivity index (χ1v) is 5.68. The molecule has 1 aromatic rings. The van der Waals surface area contributed by atoms with Crippen LogP contribution in [0.4, 0.5) is 0 Å². The summed E-state index contributed by atoms with van der Waals surface area (Å²) < 4.78 is 0. The molecule has 0 spiro atoms. The number of hydrogen-bond acceptors (Lipinski definition) is 3. The smallest absolute Gasteiger partial charge is 0.120 e. The summed E-state index contributed by atoms with van der Waals surface area (Å²) in [6.45, 7) is 8.52. The Kier molecular flexibility index (Phi) is 4.33. The molecule has 0 saturated carbocycles. The molecule has 0 aromatic heterocycles. The first-order valence-electron chi connectivity index (χ1n) is 5.68. The molecule has 1 rings (SSSR count). The van der Waals surface area contributed by atoms with Gasteiger partial charge in [0.25, 0.3) is 0 Å². The monoisotopic (exact) mass is 222 g/mol. The second kappa shape index (κ2) is 5.32. The van der Waals surface area contributed by atoms with Gasteiger partial charge in [-0.25, -0.2) is 0 Å². The van der Waals surface area contributed by atoms with Crippen molar-refractivity contribution in [2.45, 2.75) is 32.7 Å². The van der Waals surface area contributed by atoms with Crippen molar-refractivity contribution in [1.82, 2.24) is 5.32 Å². The number of phenols is 1. The molecule has 0 bridgehead atoms. The lowest BCUT2D eigenvalue weighted by Crippen LogP contribution is -2.22. The number of nitrogens with two attached hydrogens (primary N) is 1. The van der Waals surface area contributed by atoms with Crippen LogP contribution in [0.25, 0.3) is 0 Å². The van der Waals surface area contributed by atoms with Crippen molar-refractivity contribution in [2.75, 3.05) is 13.1 Å². The van der Waals surface area contributed by atoms with Crippen LogP contribution >= 0.6 is 0 Å². The highest BCUT2D eigenvalue weighted by atomic mass is 16.3. The van der Waals surface area contributed by atoms with Crippen molar-refractivity contribution < 1.29 is 5.11 Å². The fraction of sp³-hybridized carbons (Fsp3) is 0.538. The van der Waals surface area contributed by atoms with E-state index in [-0.39, 0.29) is 5.41 Å². The number of nitrogens with one attached hydrogen (secondary N) is 1. The maximum Gasteiger partial charge on any atom is 0.120 e. The minimum Gasteiger partial charge on any atom is -0.508 e. The molecule has 0 amide bonds. The van der Waals surface area contributed by atoms with Crippen molar-refractivity contribution in [3.8, 4) is 5.75 Å². The van der Waals surface area contributed by atoms with Crippen LogP contribution in [0.2, 0.25) is 0 Å². The average Bonchev–Trinajstić information content (AvgIpc) is 2.19. The van der Waals surface area contributed by atoms with E-state index in [0.717, 1.165) is 12.1 Å². The van der Waals surface area contributed by atoms with Crippen LogP contribution in [0, 0.1) is 0 Å². The number of aromatic hydroxyl groups is 1. The molecule has 0 heterocycles. The lowest BCUT2D eigenvalue weighted by Gasteiger charge is -2.20. The molecule has 0 aliphatic rings. The quantitative estimate of drug-likeness (QED) is 0.680.